The van der Waals surface area contributed by atoms with Crippen LogP contribution in [0, 0.1) is 0 Å². The van der Waals surface area contributed by atoms with E-state index in [-0.39, 0.29) is 5.91 Å². The van der Waals surface area contributed by atoms with Gasteiger partial charge in [0.05, 0.1) is 0 Å². The minimum atomic E-state index is -0.473. The smallest absolute Gasteiger partial charge is 0.260 e. The lowest BCUT2D eigenvalue weighted by molar-refractivity contribution is -0.127. The number of hydrogen-bond acceptors (Lipinski definition) is 2. The van der Waals surface area contributed by atoms with Crippen molar-refractivity contribution in [3.8, 4) is 5.75 Å². The lowest BCUT2D eigenvalue weighted by Crippen LogP contribution is -2.37. The summed E-state index contributed by atoms with van der Waals surface area (Å²) in [4.78, 5) is 12.4. The third-order valence-electron chi connectivity index (χ3n) is 5.61. The standard InChI is InChI=1S/C25H33NO2/c1-18(2)21-15-13-20(14-16-21)8-7-17-26-25(27)19(3)28-24-12-6-10-22-9-4-5-11-23(22)24/h6,10,12-16,18-19H,4-5,7-9,11,17H2,1-3H3,(H,26,27)/t19-/m1/s1. The maximum absolute atomic E-state index is 12.4. The highest BCUT2D eigenvalue weighted by Gasteiger charge is 2.19. The number of rotatable bonds is 8. The number of carbonyl (C=O) groups is 1. The normalized spacial score (nSPS) is 14.4. The van der Waals surface area contributed by atoms with Gasteiger partial charge in [0.2, 0.25) is 0 Å². The first-order chi connectivity index (χ1) is 13.5. The van der Waals surface area contributed by atoms with Crippen molar-refractivity contribution in [1.29, 1.82) is 0 Å². The van der Waals surface area contributed by atoms with Gasteiger partial charge in [0.1, 0.15) is 5.75 Å². The Morgan fingerprint density at radius 1 is 1.04 bits per heavy atom. The fourth-order valence-electron chi connectivity index (χ4n) is 3.82. The molecule has 1 amide bonds. The summed E-state index contributed by atoms with van der Waals surface area (Å²) in [6, 6.07) is 15.0. The number of aryl methyl sites for hydroxylation is 2. The van der Waals surface area contributed by atoms with Crippen LogP contribution in [-0.2, 0) is 24.1 Å². The number of amides is 1. The molecule has 0 fully saturated rings. The number of ether oxygens (including phenoxy) is 1. The van der Waals surface area contributed by atoms with Crippen molar-refractivity contribution in [1.82, 2.24) is 5.32 Å². The van der Waals surface area contributed by atoms with Gasteiger partial charge < -0.3 is 10.1 Å². The predicted molar refractivity (Wildman–Crippen MR) is 115 cm³/mol. The summed E-state index contributed by atoms with van der Waals surface area (Å²) in [6.07, 6.45) is 6.04. The summed E-state index contributed by atoms with van der Waals surface area (Å²) < 4.78 is 6.01. The van der Waals surface area contributed by atoms with E-state index in [4.69, 9.17) is 4.74 Å². The first kappa shape index (κ1) is 20.4. The first-order valence-electron chi connectivity index (χ1n) is 10.7. The van der Waals surface area contributed by atoms with Crippen molar-refractivity contribution < 1.29 is 9.53 Å². The van der Waals surface area contributed by atoms with Gasteiger partial charge in [-0.05, 0) is 79.7 Å². The highest BCUT2D eigenvalue weighted by Crippen LogP contribution is 2.30. The number of nitrogens with one attached hydrogen (secondary N) is 1. The van der Waals surface area contributed by atoms with Crippen molar-refractivity contribution in [2.75, 3.05) is 6.54 Å². The van der Waals surface area contributed by atoms with Crippen LogP contribution in [0.2, 0.25) is 0 Å². The van der Waals surface area contributed by atoms with Gasteiger partial charge in [0, 0.05) is 6.54 Å². The predicted octanol–water partition coefficient (Wildman–Crippen LogP) is 5.21. The van der Waals surface area contributed by atoms with E-state index in [1.807, 2.05) is 19.1 Å². The molecule has 0 heterocycles. The van der Waals surface area contributed by atoms with Crippen molar-refractivity contribution >= 4 is 5.91 Å². The zero-order valence-corrected chi connectivity index (χ0v) is 17.5. The van der Waals surface area contributed by atoms with Crippen molar-refractivity contribution in [3.05, 3.63) is 64.7 Å². The molecule has 2 aromatic rings. The molecule has 0 bridgehead atoms. The topological polar surface area (TPSA) is 38.3 Å². The zero-order chi connectivity index (χ0) is 19.9. The Kier molecular flexibility index (Phi) is 7.13. The first-order valence-corrected chi connectivity index (χ1v) is 10.7. The van der Waals surface area contributed by atoms with Crippen molar-refractivity contribution in [2.24, 2.45) is 0 Å². The maximum atomic E-state index is 12.4. The van der Waals surface area contributed by atoms with E-state index < -0.39 is 6.10 Å². The summed E-state index contributed by atoms with van der Waals surface area (Å²) in [7, 11) is 0. The minimum Gasteiger partial charge on any atom is -0.481 e. The fourth-order valence-corrected chi connectivity index (χ4v) is 3.82. The molecule has 0 spiro atoms. The second kappa shape index (κ2) is 9.77. The Hall–Kier alpha value is -2.29. The number of hydrogen-bond donors (Lipinski definition) is 1. The largest absolute Gasteiger partial charge is 0.481 e. The summed E-state index contributed by atoms with van der Waals surface area (Å²) in [5, 5.41) is 3.02. The van der Waals surface area contributed by atoms with E-state index in [0.717, 1.165) is 31.4 Å². The molecule has 0 aliphatic heterocycles. The Labute approximate surface area is 169 Å². The second-order valence-electron chi connectivity index (χ2n) is 8.15. The van der Waals surface area contributed by atoms with Crippen LogP contribution in [0.5, 0.6) is 5.75 Å². The summed E-state index contributed by atoms with van der Waals surface area (Å²) in [5.74, 6) is 1.40. The Bertz CT molecular complexity index is 780. The van der Waals surface area contributed by atoms with Crippen LogP contribution in [0.4, 0.5) is 0 Å². The van der Waals surface area contributed by atoms with E-state index in [9.17, 15) is 4.79 Å². The van der Waals surface area contributed by atoms with Crippen LogP contribution in [0.3, 0.4) is 0 Å². The van der Waals surface area contributed by atoms with E-state index in [0.29, 0.717) is 12.5 Å². The molecule has 0 unspecified atom stereocenters. The molecule has 28 heavy (non-hydrogen) atoms. The van der Waals surface area contributed by atoms with Gasteiger partial charge in [-0.1, -0.05) is 50.2 Å². The highest BCUT2D eigenvalue weighted by atomic mass is 16.5. The summed E-state index contributed by atoms with van der Waals surface area (Å²) >= 11 is 0. The molecule has 0 saturated heterocycles. The molecule has 1 aliphatic carbocycles. The maximum Gasteiger partial charge on any atom is 0.260 e. The van der Waals surface area contributed by atoms with E-state index >= 15 is 0 Å². The van der Waals surface area contributed by atoms with Gasteiger partial charge in [-0.15, -0.1) is 0 Å². The molecule has 2 aromatic carbocycles. The average molecular weight is 380 g/mol. The number of carbonyl (C=O) groups excluding carboxylic acids is 1. The van der Waals surface area contributed by atoms with Gasteiger partial charge in [0.25, 0.3) is 5.91 Å². The van der Waals surface area contributed by atoms with Gasteiger partial charge in [-0.3, -0.25) is 4.79 Å². The SMILES string of the molecule is CC(C)c1ccc(CCCNC(=O)[C@@H](C)Oc2cccc3c2CCCC3)cc1. The lowest BCUT2D eigenvalue weighted by Gasteiger charge is -2.22. The Balaban J connectivity index is 1.43. The van der Waals surface area contributed by atoms with Crippen LogP contribution in [0.25, 0.3) is 0 Å². The molecule has 0 aromatic heterocycles. The average Bonchev–Trinajstić information content (AvgIpc) is 2.71. The van der Waals surface area contributed by atoms with Gasteiger partial charge in [0.15, 0.2) is 6.10 Å². The molecule has 1 N–H and O–H groups in total. The van der Waals surface area contributed by atoms with E-state index in [1.54, 1.807) is 0 Å². The van der Waals surface area contributed by atoms with Crippen LogP contribution in [0.1, 0.15) is 68.2 Å². The summed E-state index contributed by atoms with van der Waals surface area (Å²) in [6.45, 7) is 6.92. The molecule has 0 radical (unpaired) electrons. The zero-order valence-electron chi connectivity index (χ0n) is 17.5. The van der Waals surface area contributed by atoms with Crippen LogP contribution in [0.15, 0.2) is 42.5 Å². The van der Waals surface area contributed by atoms with Crippen LogP contribution < -0.4 is 10.1 Å². The Morgan fingerprint density at radius 2 is 1.79 bits per heavy atom. The molecule has 1 atom stereocenters. The molecular weight excluding hydrogens is 346 g/mol. The molecule has 1 aliphatic rings. The molecule has 3 nitrogen and oxygen atoms in total. The van der Waals surface area contributed by atoms with E-state index in [2.05, 4.69) is 49.5 Å². The number of fused-ring (bicyclic) bond motifs is 1. The van der Waals surface area contributed by atoms with Crippen LogP contribution >= 0.6 is 0 Å². The van der Waals surface area contributed by atoms with Gasteiger partial charge in [-0.25, -0.2) is 0 Å². The molecule has 3 rings (SSSR count). The quantitative estimate of drug-likeness (QED) is 0.640. The van der Waals surface area contributed by atoms with Gasteiger partial charge in [-0.2, -0.15) is 0 Å². The molecular formula is C25H33NO2. The molecule has 150 valence electrons. The third kappa shape index (κ3) is 5.37. The minimum absolute atomic E-state index is 0.0384. The van der Waals surface area contributed by atoms with Crippen LogP contribution in [-0.4, -0.2) is 18.6 Å². The lowest BCUT2D eigenvalue weighted by atomic mass is 9.91. The number of benzene rings is 2. The van der Waals surface area contributed by atoms with Crippen molar-refractivity contribution in [2.45, 2.75) is 71.3 Å². The van der Waals surface area contributed by atoms with Crippen molar-refractivity contribution in [3.63, 3.8) is 0 Å². The molecule has 0 saturated carbocycles. The fraction of sp³-hybridized carbons (Fsp3) is 0.480. The van der Waals surface area contributed by atoms with E-state index in [1.165, 1.54) is 35.1 Å². The highest BCUT2D eigenvalue weighted by molar-refractivity contribution is 5.80. The third-order valence-corrected chi connectivity index (χ3v) is 5.61. The van der Waals surface area contributed by atoms with Gasteiger partial charge >= 0.3 is 0 Å². The molecule has 3 heteroatoms. The second-order valence-corrected chi connectivity index (χ2v) is 8.15. The Morgan fingerprint density at radius 3 is 2.54 bits per heavy atom. The summed E-state index contributed by atoms with van der Waals surface area (Å²) in [5.41, 5.74) is 5.35. The monoisotopic (exact) mass is 379 g/mol.